The van der Waals surface area contributed by atoms with Crippen molar-refractivity contribution in [3.63, 3.8) is 0 Å². The first-order valence-electron chi connectivity index (χ1n) is 9.17. The number of amides is 2. The molecule has 0 rings (SSSR count). The van der Waals surface area contributed by atoms with Gasteiger partial charge in [0.05, 0.1) is 6.61 Å². The average Bonchev–Trinajstić information content (AvgIpc) is 2.52. The molecule has 5 nitrogen and oxygen atoms in total. The Bertz CT molecular complexity index is 433. The van der Waals surface area contributed by atoms with Gasteiger partial charge in [-0.1, -0.05) is 38.8 Å². The second kappa shape index (κ2) is 12.6. The highest BCUT2D eigenvalue weighted by Crippen LogP contribution is 2.21. The van der Waals surface area contributed by atoms with Crippen LogP contribution < -0.4 is 5.32 Å². The molecule has 0 spiro atoms. The third-order valence-corrected chi connectivity index (χ3v) is 3.98. The van der Waals surface area contributed by atoms with E-state index in [1.54, 1.807) is 18.9 Å². The molecule has 0 aliphatic carbocycles. The van der Waals surface area contributed by atoms with Crippen LogP contribution in [0.15, 0.2) is 25.3 Å². The van der Waals surface area contributed by atoms with Crippen molar-refractivity contribution in [3.05, 3.63) is 25.3 Å². The van der Waals surface area contributed by atoms with Gasteiger partial charge in [0.2, 0.25) is 0 Å². The number of nitrogens with zero attached hydrogens (tertiary/aromatic N) is 1. The van der Waals surface area contributed by atoms with Crippen LogP contribution >= 0.6 is 0 Å². The lowest BCUT2D eigenvalue weighted by Crippen LogP contribution is -2.49. The Labute approximate surface area is 153 Å². The molecule has 0 radical (unpaired) electrons. The molecule has 0 aromatic heterocycles. The molecule has 144 valence electrons. The number of hydrogen-bond acceptors (Lipinski definition) is 3. The van der Waals surface area contributed by atoms with Crippen molar-refractivity contribution in [1.82, 2.24) is 10.2 Å². The van der Waals surface area contributed by atoms with Crippen LogP contribution in [0.3, 0.4) is 0 Å². The summed E-state index contributed by atoms with van der Waals surface area (Å²) in [5.41, 5.74) is -0.0576. The molecular formula is C20H36N2O3. The fourth-order valence-electron chi connectivity index (χ4n) is 2.73. The number of nitrogens with one attached hydrogen (secondary N) is 1. The van der Waals surface area contributed by atoms with Gasteiger partial charge in [-0.2, -0.15) is 0 Å². The molecule has 0 saturated heterocycles. The molecule has 0 unspecified atom stereocenters. The highest BCUT2D eigenvalue weighted by Gasteiger charge is 2.26. The number of allylic oxidation sites excluding steroid dienone is 2. The molecule has 2 amide bonds. The maximum absolute atomic E-state index is 12.4. The molecule has 0 fully saturated rings. The minimum Gasteiger partial charge on any atom is -0.464 e. The fraction of sp³-hybridized carbons (Fsp3) is 0.700. The van der Waals surface area contributed by atoms with Crippen LogP contribution in [0.1, 0.15) is 59.3 Å². The zero-order chi connectivity index (χ0) is 19.3. The van der Waals surface area contributed by atoms with E-state index in [0.29, 0.717) is 19.6 Å². The van der Waals surface area contributed by atoms with Crippen LogP contribution in [0.25, 0.3) is 0 Å². The van der Waals surface area contributed by atoms with Crippen molar-refractivity contribution < 1.29 is 14.3 Å². The lowest BCUT2D eigenvalue weighted by Gasteiger charge is -2.30. The van der Waals surface area contributed by atoms with Crippen molar-refractivity contribution in [1.29, 1.82) is 0 Å². The van der Waals surface area contributed by atoms with E-state index in [9.17, 15) is 9.59 Å². The quantitative estimate of drug-likeness (QED) is 0.305. The van der Waals surface area contributed by atoms with Gasteiger partial charge in [0.15, 0.2) is 0 Å². The molecule has 1 atom stereocenters. The molecule has 0 aliphatic heterocycles. The summed E-state index contributed by atoms with van der Waals surface area (Å²) in [4.78, 5) is 26.2. The van der Waals surface area contributed by atoms with E-state index in [-0.39, 0.29) is 17.4 Å². The molecule has 0 aromatic rings. The normalized spacial score (nSPS) is 12.2. The van der Waals surface area contributed by atoms with Crippen molar-refractivity contribution in [3.8, 4) is 0 Å². The number of unbranched alkanes of at least 4 members (excludes halogenated alkanes) is 3. The van der Waals surface area contributed by atoms with E-state index in [4.69, 9.17) is 4.74 Å². The summed E-state index contributed by atoms with van der Waals surface area (Å²) in [5, 5.41) is 2.82. The maximum Gasteiger partial charge on any atom is 0.328 e. The Morgan fingerprint density at radius 1 is 1.20 bits per heavy atom. The van der Waals surface area contributed by atoms with Gasteiger partial charge >= 0.3 is 12.0 Å². The standard InChI is InChI=1S/C20H36N2O3/c1-7-10-11-12-13-14-17(18(23)25-9-3)21-19(24)22(6)16-20(4,5)15-8-2/h7-8,17H,1-2,9-16H2,3-6H3,(H,21,24)/t17-/m0/s1. The van der Waals surface area contributed by atoms with Crippen molar-refractivity contribution in [2.75, 3.05) is 20.2 Å². The van der Waals surface area contributed by atoms with E-state index in [0.717, 1.165) is 32.1 Å². The van der Waals surface area contributed by atoms with Crippen LogP contribution in [0.5, 0.6) is 0 Å². The monoisotopic (exact) mass is 352 g/mol. The van der Waals surface area contributed by atoms with Gasteiger partial charge in [-0.05, 0) is 38.0 Å². The number of hydrogen-bond donors (Lipinski definition) is 1. The summed E-state index contributed by atoms with van der Waals surface area (Å²) in [5.74, 6) is -0.363. The Kier molecular flexibility index (Phi) is 11.7. The first-order chi connectivity index (χ1) is 11.8. The highest BCUT2D eigenvalue weighted by molar-refractivity contribution is 5.83. The Morgan fingerprint density at radius 3 is 2.44 bits per heavy atom. The predicted octanol–water partition coefficient (Wildman–Crippen LogP) is 4.30. The van der Waals surface area contributed by atoms with Gasteiger partial charge in [0.25, 0.3) is 0 Å². The smallest absolute Gasteiger partial charge is 0.328 e. The minimum atomic E-state index is -0.596. The molecule has 25 heavy (non-hydrogen) atoms. The second-order valence-corrected chi connectivity index (χ2v) is 7.19. The lowest BCUT2D eigenvalue weighted by atomic mass is 9.89. The number of carbonyl (C=O) groups is 2. The molecule has 0 saturated carbocycles. The molecule has 1 N–H and O–H groups in total. The Morgan fingerprint density at radius 2 is 1.88 bits per heavy atom. The van der Waals surface area contributed by atoms with E-state index >= 15 is 0 Å². The van der Waals surface area contributed by atoms with E-state index in [1.807, 2.05) is 12.2 Å². The van der Waals surface area contributed by atoms with Crippen LogP contribution in [0.2, 0.25) is 0 Å². The van der Waals surface area contributed by atoms with E-state index in [2.05, 4.69) is 32.3 Å². The SMILES string of the molecule is C=CCCCCC[C@H](NC(=O)N(C)CC(C)(C)CC=C)C(=O)OCC. The number of urea groups is 1. The lowest BCUT2D eigenvalue weighted by molar-refractivity contribution is -0.145. The fourth-order valence-corrected chi connectivity index (χ4v) is 2.73. The summed E-state index contributed by atoms with van der Waals surface area (Å²) in [6.07, 6.45) is 9.03. The molecule has 0 aromatic carbocycles. The summed E-state index contributed by atoms with van der Waals surface area (Å²) in [6, 6.07) is -0.845. The van der Waals surface area contributed by atoms with Gasteiger partial charge < -0.3 is 15.0 Å². The molecule has 0 heterocycles. The average molecular weight is 353 g/mol. The number of esters is 1. The van der Waals surface area contributed by atoms with Gasteiger partial charge in [-0.15, -0.1) is 13.2 Å². The minimum absolute atomic E-state index is 0.0576. The van der Waals surface area contributed by atoms with E-state index in [1.165, 1.54) is 0 Å². The van der Waals surface area contributed by atoms with Crippen molar-refractivity contribution in [2.45, 2.75) is 65.3 Å². The Hall–Kier alpha value is -1.78. The van der Waals surface area contributed by atoms with Gasteiger partial charge in [-0.3, -0.25) is 0 Å². The zero-order valence-electron chi connectivity index (χ0n) is 16.5. The van der Waals surface area contributed by atoms with Gasteiger partial charge in [-0.25, -0.2) is 9.59 Å². The summed E-state index contributed by atoms with van der Waals surface area (Å²) >= 11 is 0. The molecule has 0 bridgehead atoms. The molecule has 5 heteroatoms. The van der Waals surface area contributed by atoms with Crippen LogP contribution in [-0.4, -0.2) is 43.1 Å². The number of rotatable bonds is 13. The summed E-state index contributed by atoms with van der Waals surface area (Å²) < 4.78 is 5.10. The molecular weight excluding hydrogens is 316 g/mol. The highest BCUT2D eigenvalue weighted by atomic mass is 16.5. The van der Waals surface area contributed by atoms with Crippen molar-refractivity contribution in [2.24, 2.45) is 5.41 Å². The topological polar surface area (TPSA) is 58.6 Å². The third kappa shape index (κ3) is 10.6. The summed E-state index contributed by atoms with van der Waals surface area (Å²) in [7, 11) is 1.74. The van der Waals surface area contributed by atoms with Crippen molar-refractivity contribution >= 4 is 12.0 Å². The third-order valence-electron chi connectivity index (χ3n) is 3.98. The summed E-state index contributed by atoms with van der Waals surface area (Å²) in [6.45, 7) is 14.3. The zero-order valence-corrected chi connectivity index (χ0v) is 16.5. The second-order valence-electron chi connectivity index (χ2n) is 7.19. The first-order valence-corrected chi connectivity index (χ1v) is 9.17. The number of ether oxygens (including phenoxy) is 1. The first kappa shape index (κ1) is 23.2. The van der Waals surface area contributed by atoms with Crippen LogP contribution in [0, 0.1) is 5.41 Å². The van der Waals surface area contributed by atoms with Crippen LogP contribution in [0.4, 0.5) is 4.79 Å². The largest absolute Gasteiger partial charge is 0.464 e. The maximum atomic E-state index is 12.4. The molecule has 0 aliphatic rings. The van der Waals surface area contributed by atoms with Crippen LogP contribution in [-0.2, 0) is 9.53 Å². The van der Waals surface area contributed by atoms with E-state index < -0.39 is 6.04 Å². The van der Waals surface area contributed by atoms with Gasteiger partial charge in [0.1, 0.15) is 6.04 Å². The predicted molar refractivity (Wildman–Crippen MR) is 103 cm³/mol. The number of carbonyl (C=O) groups excluding carboxylic acids is 2. The Balaban J connectivity index is 4.64. The van der Waals surface area contributed by atoms with Gasteiger partial charge in [0, 0.05) is 13.6 Å².